The summed E-state index contributed by atoms with van der Waals surface area (Å²) in [7, 11) is 0. The molecule has 0 saturated heterocycles. The van der Waals surface area contributed by atoms with E-state index in [1.165, 1.54) is 0 Å². The van der Waals surface area contributed by atoms with E-state index >= 15 is 0 Å². The van der Waals surface area contributed by atoms with Gasteiger partial charge < -0.3 is 9.47 Å². The van der Waals surface area contributed by atoms with Crippen molar-refractivity contribution < 1.29 is 84.9 Å². The van der Waals surface area contributed by atoms with Crippen molar-refractivity contribution in [3.05, 3.63) is 12.2 Å². The number of hydrogen-bond donors (Lipinski definition) is 0. The van der Waals surface area contributed by atoms with E-state index in [4.69, 9.17) is 0 Å². The van der Waals surface area contributed by atoms with Crippen LogP contribution in [0, 0.1) is 0 Å². The van der Waals surface area contributed by atoms with E-state index in [2.05, 4.69) is 16.1 Å². The Morgan fingerprint density at radius 2 is 0.917 bits per heavy atom. The Kier molecular flexibility index (Phi) is 5.13. The fourth-order valence-electron chi connectivity index (χ4n) is 4.57. The van der Waals surface area contributed by atoms with Crippen LogP contribution < -0.4 is 0 Å². The highest BCUT2D eigenvalue weighted by Gasteiger charge is 3.24. The number of alkyl halides is 15. The molecule has 4 fully saturated rings. The molecule has 0 unspecified atom stereocenters. The molecule has 0 radical (unpaired) electrons. The largest absolute Gasteiger partial charge is 0.462 e. The third kappa shape index (κ3) is 2.04. The predicted molar refractivity (Wildman–Crippen MR) is 80.4 cm³/mol. The molecule has 0 aromatic heterocycles. The minimum atomic E-state index is -7.97. The van der Waals surface area contributed by atoms with Crippen LogP contribution in [0.3, 0.4) is 0 Å². The average Bonchev–Trinajstić information content (AvgIpc) is 2.71. The van der Waals surface area contributed by atoms with Crippen LogP contribution in [0.4, 0.5) is 65.9 Å². The van der Waals surface area contributed by atoms with Gasteiger partial charge in [0.05, 0.1) is 6.42 Å². The number of esters is 2. The molecular weight excluding hydrogens is 553 g/mol. The first-order valence-electron chi connectivity index (χ1n) is 9.10. The van der Waals surface area contributed by atoms with Gasteiger partial charge in [-0.3, -0.25) is 4.79 Å². The van der Waals surface area contributed by atoms with E-state index in [0.717, 1.165) is 6.92 Å². The Labute approximate surface area is 188 Å². The van der Waals surface area contributed by atoms with Gasteiger partial charge in [0.1, 0.15) is 6.61 Å². The van der Waals surface area contributed by atoms with E-state index in [1.54, 1.807) is 0 Å². The number of rotatable bonds is 5. The van der Waals surface area contributed by atoms with Crippen LogP contribution in [-0.4, -0.2) is 76.7 Å². The third-order valence-corrected chi connectivity index (χ3v) is 6.38. The topological polar surface area (TPSA) is 52.6 Å². The maximum atomic E-state index is 14.9. The molecule has 0 aliphatic heterocycles. The molecule has 4 aliphatic rings. The van der Waals surface area contributed by atoms with Crippen molar-refractivity contribution in [2.75, 3.05) is 6.61 Å². The highest BCUT2D eigenvalue weighted by molar-refractivity contribution is 5.87. The van der Waals surface area contributed by atoms with E-state index in [1.807, 2.05) is 0 Å². The maximum absolute atomic E-state index is 14.9. The highest BCUT2D eigenvalue weighted by Crippen LogP contribution is 2.88. The van der Waals surface area contributed by atoms with E-state index in [-0.39, 0.29) is 0 Å². The molecule has 4 aliphatic carbocycles. The molecule has 4 nitrogen and oxygen atoms in total. The lowest BCUT2D eigenvalue weighted by atomic mass is 9.40. The quantitative estimate of drug-likeness (QED) is 0.276. The summed E-state index contributed by atoms with van der Waals surface area (Å²) in [5.74, 6) is -51.8. The molecule has 206 valence electrons. The van der Waals surface area contributed by atoms with E-state index in [9.17, 15) is 75.4 Å². The summed E-state index contributed by atoms with van der Waals surface area (Å²) in [5.41, 5.74) is -31.3. The predicted octanol–water partition coefficient (Wildman–Crippen LogP) is 4.76. The Morgan fingerprint density at radius 3 is 1.19 bits per heavy atom. The summed E-state index contributed by atoms with van der Waals surface area (Å²) in [4.78, 5) is 22.9. The molecule has 4 saturated carbocycles. The van der Waals surface area contributed by atoms with Crippen molar-refractivity contribution in [2.45, 2.75) is 71.5 Å². The minimum absolute atomic E-state index is 0.432. The Morgan fingerprint density at radius 1 is 0.611 bits per heavy atom. The van der Waals surface area contributed by atoms with Crippen LogP contribution in [0.1, 0.15) is 13.3 Å². The highest BCUT2D eigenvalue weighted by atomic mass is 19.3. The van der Waals surface area contributed by atoms with Gasteiger partial charge in [-0.15, -0.1) is 0 Å². The average molecular weight is 562 g/mol. The zero-order chi connectivity index (χ0) is 28.6. The van der Waals surface area contributed by atoms with E-state index in [0.29, 0.717) is 0 Å². The molecule has 0 spiro atoms. The number of carbonyl (C=O) groups excluding carboxylic acids is 2. The number of halogens is 15. The molecule has 19 heteroatoms. The third-order valence-electron chi connectivity index (χ3n) is 6.38. The first-order chi connectivity index (χ1) is 15.7. The molecule has 0 aromatic rings. The van der Waals surface area contributed by atoms with Crippen LogP contribution in [0.15, 0.2) is 12.2 Å². The van der Waals surface area contributed by atoms with Crippen LogP contribution >= 0.6 is 0 Å². The number of carbonyl (C=O) groups is 2. The molecule has 4 bridgehead atoms. The molecule has 0 heterocycles. The van der Waals surface area contributed by atoms with Crippen molar-refractivity contribution in [2.24, 2.45) is 0 Å². The van der Waals surface area contributed by atoms with Gasteiger partial charge in [-0.25, -0.2) is 18.0 Å². The first-order valence-corrected chi connectivity index (χ1v) is 9.10. The normalized spacial score (nSPS) is 41.4. The van der Waals surface area contributed by atoms with Gasteiger partial charge in [-0.1, -0.05) is 6.58 Å². The molecule has 0 N–H and O–H groups in total. The Bertz CT molecular complexity index is 938. The van der Waals surface area contributed by atoms with Gasteiger partial charge in [-0.2, -0.15) is 52.7 Å². The standard InChI is InChI=1S/C17H9F15O4/c1-5(2)7(34)35-4-3-6(33)36-11-15(27,28)8(18)12(21,22)9(19,16(11,29)30)14(25,26)10(20,13(8,23)24)17(11,31)32/h1,3-4H2,2H3. The summed E-state index contributed by atoms with van der Waals surface area (Å²) in [6.45, 7) is 2.50. The zero-order valence-corrected chi connectivity index (χ0v) is 16.9. The Balaban J connectivity index is 2.33. The van der Waals surface area contributed by atoms with Crippen molar-refractivity contribution in [3.63, 3.8) is 0 Å². The first kappa shape index (κ1) is 28.2. The smallest absolute Gasteiger partial charge is 0.345 e. The van der Waals surface area contributed by atoms with Gasteiger partial charge in [0.25, 0.3) is 0 Å². The molecular formula is C17H9F15O4. The molecule has 36 heavy (non-hydrogen) atoms. The summed E-state index contributed by atoms with van der Waals surface area (Å²) >= 11 is 0. The van der Waals surface area contributed by atoms with Crippen molar-refractivity contribution >= 4 is 11.9 Å². The maximum Gasteiger partial charge on any atom is 0.345 e. The van der Waals surface area contributed by atoms with Crippen LogP contribution in [-0.2, 0) is 19.1 Å². The summed E-state index contributed by atoms with van der Waals surface area (Å²) in [6.07, 6.45) is -1.90. The molecule has 0 aromatic carbocycles. The Hall–Kier alpha value is -2.37. The second-order valence-electron chi connectivity index (χ2n) is 8.24. The second kappa shape index (κ2) is 6.54. The summed E-state index contributed by atoms with van der Waals surface area (Å²) in [5, 5.41) is 0. The lowest BCUT2D eigenvalue weighted by Gasteiger charge is -2.74. The lowest BCUT2D eigenvalue weighted by molar-refractivity contribution is -0.614. The zero-order valence-electron chi connectivity index (χ0n) is 16.9. The summed E-state index contributed by atoms with van der Waals surface area (Å²) in [6, 6.07) is 0. The lowest BCUT2D eigenvalue weighted by Crippen LogP contribution is -3.10. The van der Waals surface area contributed by atoms with Crippen LogP contribution in [0.2, 0.25) is 0 Å². The van der Waals surface area contributed by atoms with Crippen molar-refractivity contribution in [1.82, 2.24) is 0 Å². The monoisotopic (exact) mass is 562 g/mol. The van der Waals surface area contributed by atoms with Gasteiger partial charge in [-0.05, 0) is 6.92 Å². The minimum Gasteiger partial charge on any atom is -0.462 e. The second-order valence-corrected chi connectivity index (χ2v) is 8.24. The van der Waals surface area contributed by atoms with Crippen LogP contribution in [0.25, 0.3) is 0 Å². The number of ether oxygens (including phenoxy) is 2. The van der Waals surface area contributed by atoms with Crippen molar-refractivity contribution in [1.29, 1.82) is 0 Å². The van der Waals surface area contributed by atoms with Gasteiger partial charge >= 0.3 is 70.1 Å². The van der Waals surface area contributed by atoms with Gasteiger partial charge in [0.2, 0.25) is 0 Å². The fourth-order valence-corrected chi connectivity index (χ4v) is 4.57. The number of hydrogen-bond acceptors (Lipinski definition) is 4. The summed E-state index contributed by atoms with van der Waals surface area (Å²) < 4.78 is 226. The SMILES string of the molecule is C=C(C)C(=O)OCCC(=O)OC12C(F)(F)C3(F)C(F)(F)C(F)(C(F)(F)C(F)(C3(F)F)C1(F)F)C2(F)F. The van der Waals surface area contributed by atoms with Crippen molar-refractivity contribution in [3.8, 4) is 0 Å². The molecule has 0 amide bonds. The van der Waals surface area contributed by atoms with Gasteiger partial charge in [0, 0.05) is 5.57 Å². The fraction of sp³-hybridized carbons (Fsp3) is 0.765. The molecule has 4 rings (SSSR count). The van der Waals surface area contributed by atoms with Gasteiger partial charge in [0.15, 0.2) is 0 Å². The van der Waals surface area contributed by atoms with Crippen LogP contribution in [0.5, 0.6) is 0 Å². The van der Waals surface area contributed by atoms with E-state index < -0.39 is 88.7 Å². The molecule has 0 atom stereocenters.